The molecule has 2 fully saturated rings. The number of halogens is 3. The monoisotopic (exact) mass is 1140 g/mol. The summed E-state index contributed by atoms with van der Waals surface area (Å²) in [6.45, 7) is 15.7. The van der Waals surface area contributed by atoms with Crippen molar-refractivity contribution < 1.29 is 96.0 Å². The predicted octanol–water partition coefficient (Wildman–Crippen LogP) is 6.41. The molecule has 2 amide bonds. The molecule has 80 heavy (non-hydrogen) atoms. The molecule has 0 radical (unpaired) electrons. The number of carboxylic acids is 2. The zero-order valence-electron chi connectivity index (χ0n) is 47.5. The van der Waals surface area contributed by atoms with Crippen LogP contribution in [0.5, 0.6) is 5.75 Å². The number of alkyl halides is 3. The number of methoxy groups -OCH3 is 2. The van der Waals surface area contributed by atoms with E-state index in [4.69, 9.17) is 28.5 Å². The second kappa shape index (κ2) is 29.4. The Morgan fingerprint density at radius 3 is 2.05 bits per heavy atom. The van der Waals surface area contributed by atoms with Crippen LogP contribution in [-0.4, -0.2) is 155 Å². The maximum absolute atomic E-state index is 13.5. The molecule has 2 saturated heterocycles. The number of hydrogen-bond donors (Lipinski definition) is 7. The van der Waals surface area contributed by atoms with E-state index in [9.17, 15) is 67.5 Å². The highest BCUT2D eigenvalue weighted by Gasteiger charge is 2.65. The lowest BCUT2D eigenvalue weighted by molar-refractivity contribution is -0.338. The van der Waals surface area contributed by atoms with Gasteiger partial charge in [0, 0.05) is 56.5 Å². The Kier molecular flexibility index (Phi) is 24.6. The molecular formula is C55H82F3N5O17. The summed E-state index contributed by atoms with van der Waals surface area (Å²) in [5, 5.41) is 67.3. The van der Waals surface area contributed by atoms with Crippen molar-refractivity contribution in [1.82, 2.24) is 10.6 Å². The highest BCUT2D eigenvalue weighted by Crippen LogP contribution is 2.53. The number of aliphatic hydroxyl groups excluding tert-OH is 3. The van der Waals surface area contributed by atoms with Gasteiger partial charge in [0.2, 0.25) is 0 Å². The number of Topliss-reactive ketones (excluding diaryl/α,β-unsaturated/α-hetero) is 1. The number of rotatable bonds is 31. The Hall–Kier alpha value is -5.60. The third-order valence-corrected chi connectivity index (χ3v) is 15.7. The SMILES string of the molecule is COc1cc(C2(C(F)(F)F)N=N2)ccc1C(=O)NCCNC(=O)CO/N=C(/C)[C@@H](C)CC[C@@H]1O[C@@]2(CC[C@H]1C)CC[C@H](C)[C@H]([C@H](C)CC[C@H](O)[C@H](C)C(=O)C[C@@H](O)[C@H](OC)[C@H](OC(=O)C[C@@H](O)/C(C(=O)O)=C(\C)C(=O)O)C(C)C)O2. The molecule has 7 N–H and O–H groups in total. The predicted molar refractivity (Wildman–Crippen MR) is 281 cm³/mol. The lowest BCUT2D eigenvalue weighted by Crippen LogP contribution is -2.53. The smallest absolute Gasteiger partial charge is 0.442 e. The fraction of sp³-hybridized carbons (Fsp3) is 0.727. The van der Waals surface area contributed by atoms with Crippen LogP contribution in [0.15, 0.2) is 44.7 Å². The van der Waals surface area contributed by atoms with E-state index in [0.29, 0.717) is 25.0 Å². The number of amides is 2. The molecule has 0 aromatic heterocycles. The van der Waals surface area contributed by atoms with Gasteiger partial charge >= 0.3 is 29.7 Å². The Labute approximate surface area is 464 Å². The van der Waals surface area contributed by atoms with Gasteiger partial charge in [0.25, 0.3) is 11.8 Å². The second-order valence-corrected chi connectivity index (χ2v) is 22.0. The van der Waals surface area contributed by atoms with Gasteiger partial charge < -0.3 is 64.7 Å². The first-order chi connectivity index (χ1) is 37.4. The molecule has 1 aromatic rings. The number of hydrogen-bond acceptors (Lipinski definition) is 18. The van der Waals surface area contributed by atoms with Gasteiger partial charge in [-0.15, -0.1) is 10.2 Å². The summed E-state index contributed by atoms with van der Waals surface area (Å²) in [5.41, 5.74) is -3.82. The number of esters is 1. The van der Waals surface area contributed by atoms with E-state index in [1.54, 1.807) is 20.8 Å². The molecule has 0 unspecified atom stereocenters. The summed E-state index contributed by atoms with van der Waals surface area (Å²) in [4.78, 5) is 80.0. The molecule has 1 aromatic carbocycles. The molecular weight excluding hydrogens is 1060 g/mol. The Balaban J connectivity index is 1.21. The van der Waals surface area contributed by atoms with E-state index in [-0.39, 0.29) is 78.9 Å². The topological polar surface area (TPSA) is 320 Å². The van der Waals surface area contributed by atoms with Crippen molar-refractivity contribution in [3.63, 3.8) is 0 Å². The first-order valence-electron chi connectivity index (χ1n) is 27.2. The average molecular weight is 1140 g/mol. The number of benzene rings is 1. The van der Waals surface area contributed by atoms with Crippen LogP contribution in [0, 0.1) is 35.5 Å². The van der Waals surface area contributed by atoms with Gasteiger partial charge in [-0.25, -0.2) is 9.59 Å². The molecule has 0 saturated carbocycles. The molecule has 3 aliphatic rings. The summed E-state index contributed by atoms with van der Waals surface area (Å²) in [6, 6.07) is 3.37. The fourth-order valence-corrected chi connectivity index (χ4v) is 10.2. The lowest BCUT2D eigenvalue weighted by atomic mass is 9.79. The number of ether oxygens (including phenoxy) is 5. The van der Waals surface area contributed by atoms with Crippen molar-refractivity contribution in [3.05, 3.63) is 40.5 Å². The van der Waals surface area contributed by atoms with Crippen LogP contribution in [0.1, 0.15) is 142 Å². The van der Waals surface area contributed by atoms with Gasteiger partial charge in [-0.2, -0.15) is 13.2 Å². The summed E-state index contributed by atoms with van der Waals surface area (Å²) in [7, 11) is 2.47. The van der Waals surface area contributed by atoms with Gasteiger partial charge in [0.15, 0.2) is 12.4 Å². The molecule has 4 rings (SSSR count). The number of nitrogens with zero attached hydrogens (tertiary/aromatic N) is 3. The van der Waals surface area contributed by atoms with Crippen molar-refractivity contribution >= 4 is 41.2 Å². The van der Waals surface area contributed by atoms with E-state index < -0.39 is 119 Å². The summed E-state index contributed by atoms with van der Waals surface area (Å²) < 4.78 is 70.3. The highest BCUT2D eigenvalue weighted by atomic mass is 19.4. The second-order valence-electron chi connectivity index (χ2n) is 22.0. The van der Waals surface area contributed by atoms with Gasteiger partial charge in [-0.05, 0) is 94.1 Å². The first kappa shape index (κ1) is 66.9. The summed E-state index contributed by atoms with van der Waals surface area (Å²) in [5.74, 6) is -7.84. The normalized spacial score (nSPS) is 24.2. The number of ketones is 1. The van der Waals surface area contributed by atoms with Crippen molar-refractivity contribution in [2.24, 2.45) is 50.9 Å². The maximum Gasteiger partial charge on any atom is 0.442 e. The minimum absolute atomic E-state index is 0.00290. The Morgan fingerprint density at radius 1 is 0.838 bits per heavy atom. The quantitative estimate of drug-likeness (QED) is 0.0139. The molecule has 3 heterocycles. The van der Waals surface area contributed by atoms with E-state index in [0.717, 1.165) is 44.7 Å². The van der Waals surface area contributed by atoms with Crippen LogP contribution in [0.25, 0.3) is 0 Å². The Bertz CT molecular complexity index is 2410. The molecule has 3 aliphatic heterocycles. The van der Waals surface area contributed by atoms with Gasteiger partial charge in [0.05, 0.1) is 60.9 Å². The van der Waals surface area contributed by atoms with Crippen LogP contribution in [0.3, 0.4) is 0 Å². The van der Waals surface area contributed by atoms with Crippen molar-refractivity contribution in [3.8, 4) is 5.75 Å². The van der Waals surface area contributed by atoms with Gasteiger partial charge in [-0.1, -0.05) is 59.7 Å². The molecule has 0 aliphatic carbocycles. The lowest BCUT2D eigenvalue weighted by Gasteiger charge is -2.51. The van der Waals surface area contributed by atoms with Gasteiger partial charge in [0.1, 0.15) is 23.7 Å². The van der Waals surface area contributed by atoms with Crippen molar-refractivity contribution in [1.29, 1.82) is 0 Å². The van der Waals surface area contributed by atoms with E-state index in [1.165, 1.54) is 20.3 Å². The molecule has 13 atom stereocenters. The first-order valence-corrected chi connectivity index (χ1v) is 27.2. The number of aliphatic hydroxyl groups is 3. The van der Waals surface area contributed by atoms with Crippen LogP contribution in [0.4, 0.5) is 13.2 Å². The summed E-state index contributed by atoms with van der Waals surface area (Å²) >= 11 is 0. The molecule has 450 valence electrons. The minimum atomic E-state index is -4.74. The van der Waals surface area contributed by atoms with Crippen molar-refractivity contribution in [2.75, 3.05) is 33.9 Å². The minimum Gasteiger partial charge on any atom is -0.496 e. The molecule has 22 nitrogen and oxygen atoms in total. The standard InChI is InChI=1S/C55H82F3N5O17/c1-28(2)47(78-45(69)26-40(66)46(52(73)74)34(8)51(71)72)49(76-11)41(67)25-39(65)33(7)38(64)16-12-31(5)48-32(6)19-21-53(80-48)20-18-30(4)42(79-53)17-13-29(3)35(9)61-77-27-44(68)59-22-23-60-50(70)37-15-14-36(24-43(37)75-10)54(62-63-54)55(56,57)58/h14-15,24,28-33,38,40-42,47-49,64,66-67H,12-13,16-23,25-27H2,1-11H3,(H,59,68)(H,60,70)(H,71,72)(H,73,74)/b46-34-,61-35-/t29-,30+,31+,32-,33-,38-,40+,41+,42-,47+,48-,49-,53+/m0/s1. The van der Waals surface area contributed by atoms with Crippen LogP contribution in [0.2, 0.25) is 0 Å². The maximum atomic E-state index is 13.5. The number of oxime groups is 1. The number of carboxylic acid groups (broad SMARTS) is 2. The summed E-state index contributed by atoms with van der Waals surface area (Å²) in [6.07, 6.45) is -7.95. The third kappa shape index (κ3) is 17.7. The molecule has 25 heteroatoms. The largest absolute Gasteiger partial charge is 0.496 e. The fourth-order valence-electron chi connectivity index (χ4n) is 10.2. The molecule has 0 bridgehead atoms. The highest BCUT2D eigenvalue weighted by molar-refractivity contribution is 5.99. The van der Waals surface area contributed by atoms with Crippen molar-refractivity contribution in [2.45, 2.75) is 187 Å². The number of nitrogens with one attached hydrogen (secondary N) is 2. The van der Waals surface area contributed by atoms with Gasteiger partial charge in [-0.3, -0.25) is 19.2 Å². The number of carbonyl (C=O) groups is 6. The third-order valence-electron chi connectivity index (χ3n) is 15.7. The molecule has 1 spiro atoms. The Morgan fingerprint density at radius 2 is 1.48 bits per heavy atom. The van der Waals surface area contributed by atoms with E-state index >= 15 is 0 Å². The van der Waals surface area contributed by atoms with E-state index in [2.05, 4.69) is 46.8 Å². The van der Waals surface area contributed by atoms with E-state index in [1.807, 2.05) is 13.8 Å². The zero-order valence-corrected chi connectivity index (χ0v) is 47.5. The van der Waals surface area contributed by atoms with Crippen LogP contribution >= 0.6 is 0 Å². The zero-order chi connectivity index (χ0) is 60.0. The van der Waals surface area contributed by atoms with Crippen LogP contribution in [-0.2, 0) is 53.4 Å². The number of aliphatic carboxylic acids is 2. The average Bonchev–Trinajstić information content (AvgIpc) is 4.23. The van der Waals surface area contributed by atoms with Crippen LogP contribution < -0.4 is 15.4 Å². The number of carbonyl (C=O) groups excluding carboxylic acids is 4.